The molecule has 0 radical (unpaired) electrons. The summed E-state index contributed by atoms with van der Waals surface area (Å²) < 4.78 is 2.20. The Hall–Kier alpha value is -2.06. The number of fused-ring (bicyclic) bond motifs is 2. The van der Waals surface area contributed by atoms with Gasteiger partial charge >= 0.3 is 0 Å². The molecule has 0 N–H and O–H groups in total. The maximum absolute atomic E-state index is 4.33. The predicted molar refractivity (Wildman–Crippen MR) is 88.8 cm³/mol. The molecule has 0 atom stereocenters. The van der Waals surface area contributed by atoms with Crippen molar-refractivity contribution in [2.45, 2.75) is 6.92 Å². The monoisotopic (exact) mass is 277 g/mol. The molecule has 1 aromatic carbocycles. The van der Waals surface area contributed by atoms with E-state index in [0.29, 0.717) is 0 Å². The van der Waals surface area contributed by atoms with E-state index in [1.807, 2.05) is 11.3 Å². The van der Waals surface area contributed by atoms with Crippen molar-refractivity contribution in [2.24, 2.45) is 7.05 Å². The Morgan fingerprint density at radius 3 is 2.70 bits per heavy atom. The Kier molecular flexibility index (Phi) is 2.33. The molecule has 0 fully saturated rings. The van der Waals surface area contributed by atoms with E-state index in [0.717, 1.165) is 5.57 Å². The molecule has 0 spiro atoms. The van der Waals surface area contributed by atoms with Crippen molar-refractivity contribution >= 4 is 39.0 Å². The van der Waals surface area contributed by atoms with Gasteiger partial charge in [-0.3, -0.25) is 0 Å². The van der Waals surface area contributed by atoms with Crippen molar-refractivity contribution in [1.82, 2.24) is 4.57 Å². The number of rotatable bonds is 1. The summed E-state index contributed by atoms with van der Waals surface area (Å²) in [7, 11) is 2.11. The maximum atomic E-state index is 4.33. The van der Waals surface area contributed by atoms with Crippen LogP contribution in [0.5, 0.6) is 0 Å². The van der Waals surface area contributed by atoms with Gasteiger partial charge in [0.05, 0.1) is 0 Å². The van der Waals surface area contributed by atoms with E-state index in [4.69, 9.17) is 0 Å². The smallest absolute Gasteiger partial charge is 0.0484 e. The first-order valence-electron chi connectivity index (χ1n) is 6.71. The Balaban J connectivity index is 2.04. The lowest BCUT2D eigenvalue weighted by Gasteiger charge is -2.05. The van der Waals surface area contributed by atoms with Crippen molar-refractivity contribution in [3.05, 3.63) is 64.5 Å². The first-order chi connectivity index (χ1) is 9.68. The number of aryl methyl sites for hydroxylation is 1. The molecule has 3 aromatic rings. The van der Waals surface area contributed by atoms with Crippen LogP contribution in [0.1, 0.15) is 22.9 Å². The molecule has 1 aliphatic rings. The van der Waals surface area contributed by atoms with Gasteiger partial charge in [-0.15, -0.1) is 11.3 Å². The summed E-state index contributed by atoms with van der Waals surface area (Å²) in [5.41, 5.74) is 7.70. The van der Waals surface area contributed by atoms with Gasteiger partial charge in [-0.1, -0.05) is 24.8 Å². The molecule has 0 aliphatic heterocycles. The zero-order valence-corrected chi connectivity index (χ0v) is 12.4. The fourth-order valence-corrected chi connectivity index (χ4v) is 4.15. The molecule has 1 nitrogen and oxygen atoms in total. The second-order valence-corrected chi connectivity index (χ2v) is 6.23. The number of benzene rings is 1. The second kappa shape index (κ2) is 3.97. The molecule has 0 unspecified atom stereocenters. The van der Waals surface area contributed by atoms with Crippen LogP contribution in [0.25, 0.3) is 27.6 Å². The fourth-order valence-electron chi connectivity index (χ4n) is 3.22. The summed E-state index contributed by atoms with van der Waals surface area (Å²) in [6.07, 6.45) is 2.23. The quantitative estimate of drug-likeness (QED) is 0.576. The van der Waals surface area contributed by atoms with Crippen LogP contribution in [-0.2, 0) is 7.05 Å². The Morgan fingerprint density at radius 2 is 1.90 bits per heavy atom. The van der Waals surface area contributed by atoms with Crippen molar-refractivity contribution in [3.63, 3.8) is 0 Å². The summed E-state index contributed by atoms with van der Waals surface area (Å²) in [4.78, 5) is 1.37. The van der Waals surface area contributed by atoms with Crippen LogP contribution in [-0.4, -0.2) is 4.57 Å². The average Bonchev–Trinajstić information content (AvgIpc) is 3.10. The lowest BCUT2D eigenvalue weighted by atomic mass is 9.97. The third-order valence-corrected chi connectivity index (χ3v) is 5.21. The van der Waals surface area contributed by atoms with Gasteiger partial charge in [0.15, 0.2) is 0 Å². The van der Waals surface area contributed by atoms with E-state index in [-0.39, 0.29) is 0 Å². The first-order valence-corrected chi connectivity index (χ1v) is 7.59. The number of allylic oxidation sites excluding steroid dienone is 3. The topological polar surface area (TPSA) is 4.93 Å². The number of para-hydroxylation sites is 1. The van der Waals surface area contributed by atoms with Gasteiger partial charge in [0, 0.05) is 34.6 Å². The maximum Gasteiger partial charge on any atom is 0.0484 e. The summed E-state index contributed by atoms with van der Waals surface area (Å²) in [6.45, 7) is 6.54. The van der Waals surface area contributed by atoms with Crippen LogP contribution in [0.2, 0.25) is 0 Å². The van der Waals surface area contributed by atoms with E-state index in [9.17, 15) is 0 Å². The van der Waals surface area contributed by atoms with Crippen molar-refractivity contribution < 1.29 is 0 Å². The summed E-state index contributed by atoms with van der Waals surface area (Å²) in [6, 6.07) is 10.7. The molecule has 4 rings (SSSR count). The lowest BCUT2D eigenvalue weighted by molar-refractivity contribution is 0.967. The van der Waals surface area contributed by atoms with Gasteiger partial charge in [0.25, 0.3) is 0 Å². The zero-order valence-electron chi connectivity index (χ0n) is 11.6. The van der Waals surface area contributed by atoms with Gasteiger partial charge in [0.2, 0.25) is 0 Å². The first kappa shape index (κ1) is 11.7. The molecule has 0 bridgehead atoms. The average molecular weight is 277 g/mol. The highest BCUT2D eigenvalue weighted by atomic mass is 32.1. The minimum Gasteiger partial charge on any atom is -0.350 e. The molecule has 2 heteroatoms. The highest BCUT2D eigenvalue weighted by Gasteiger charge is 2.26. The van der Waals surface area contributed by atoms with Crippen LogP contribution in [0.3, 0.4) is 0 Å². The molecule has 20 heavy (non-hydrogen) atoms. The lowest BCUT2D eigenvalue weighted by Crippen LogP contribution is -1.84. The van der Waals surface area contributed by atoms with Gasteiger partial charge < -0.3 is 4.57 Å². The summed E-state index contributed by atoms with van der Waals surface area (Å²) in [5.74, 6) is 0. The van der Waals surface area contributed by atoms with Gasteiger partial charge in [-0.05, 0) is 46.7 Å². The van der Waals surface area contributed by atoms with E-state index >= 15 is 0 Å². The Bertz CT molecular complexity index is 889. The standard InChI is InChI=1S/C18H15NS/c1-11-13-8-9-20-18(13)12(2)17(11)15-10-19(3)16-7-5-4-6-14(15)16/h4-10H,1H2,2-3H3. The summed E-state index contributed by atoms with van der Waals surface area (Å²) in [5, 5.41) is 3.46. The fraction of sp³-hybridized carbons (Fsp3) is 0.111. The van der Waals surface area contributed by atoms with Gasteiger partial charge in [-0.2, -0.15) is 0 Å². The number of hydrogen-bond acceptors (Lipinski definition) is 1. The molecule has 2 heterocycles. The van der Waals surface area contributed by atoms with Gasteiger partial charge in [-0.25, -0.2) is 0 Å². The van der Waals surface area contributed by atoms with Crippen LogP contribution >= 0.6 is 11.3 Å². The second-order valence-electron chi connectivity index (χ2n) is 5.31. The number of hydrogen-bond donors (Lipinski definition) is 0. The van der Waals surface area contributed by atoms with Crippen LogP contribution in [0, 0.1) is 0 Å². The highest BCUT2D eigenvalue weighted by molar-refractivity contribution is 7.11. The number of thiophene rings is 1. The van der Waals surface area contributed by atoms with Gasteiger partial charge in [0.1, 0.15) is 0 Å². The van der Waals surface area contributed by atoms with E-state index in [1.165, 1.54) is 38.1 Å². The number of aromatic nitrogens is 1. The SMILES string of the molecule is C=C1C(c2cn(C)c3ccccc23)=C(C)c2sccc21. The van der Waals surface area contributed by atoms with E-state index in [2.05, 4.69) is 67.0 Å². The molecule has 0 saturated carbocycles. The molecule has 0 amide bonds. The van der Waals surface area contributed by atoms with Crippen LogP contribution in [0.15, 0.2) is 48.5 Å². The molecule has 2 aromatic heterocycles. The minimum absolute atomic E-state index is 1.16. The van der Waals surface area contributed by atoms with E-state index in [1.54, 1.807) is 0 Å². The molecule has 0 saturated heterocycles. The Morgan fingerprint density at radius 1 is 1.10 bits per heavy atom. The Labute approximate surface area is 122 Å². The van der Waals surface area contributed by atoms with Crippen molar-refractivity contribution in [2.75, 3.05) is 0 Å². The zero-order chi connectivity index (χ0) is 13.9. The van der Waals surface area contributed by atoms with E-state index < -0.39 is 0 Å². The third-order valence-electron chi connectivity index (χ3n) is 4.17. The largest absolute Gasteiger partial charge is 0.350 e. The van der Waals surface area contributed by atoms with Crippen LogP contribution in [0.4, 0.5) is 0 Å². The van der Waals surface area contributed by atoms with Crippen LogP contribution < -0.4 is 0 Å². The normalized spacial score (nSPS) is 14.4. The number of nitrogens with zero attached hydrogens (tertiary/aromatic N) is 1. The molecule has 98 valence electrons. The highest BCUT2D eigenvalue weighted by Crippen LogP contribution is 2.49. The van der Waals surface area contributed by atoms with Crippen molar-refractivity contribution in [1.29, 1.82) is 0 Å². The predicted octanol–water partition coefficient (Wildman–Crippen LogP) is 5.20. The molecular weight excluding hydrogens is 262 g/mol. The summed E-state index contributed by atoms with van der Waals surface area (Å²) >= 11 is 1.81. The minimum atomic E-state index is 1.16. The third kappa shape index (κ3) is 1.37. The van der Waals surface area contributed by atoms with Crippen molar-refractivity contribution in [3.8, 4) is 0 Å². The molecule has 1 aliphatic carbocycles. The molecular formula is C18H15NS.